The molecule has 0 aromatic heterocycles. The van der Waals surface area contributed by atoms with Gasteiger partial charge in [-0.05, 0) is 51.6 Å². The van der Waals surface area contributed by atoms with Gasteiger partial charge in [0, 0.05) is 25.0 Å². The van der Waals surface area contributed by atoms with Crippen LogP contribution in [0.5, 0.6) is 0 Å². The number of aromatic carboxylic acids is 1. The predicted molar refractivity (Wildman–Crippen MR) is 85.0 cm³/mol. The third-order valence-corrected chi connectivity index (χ3v) is 4.53. The first-order valence-electron chi connectivity index (χ1n) is 7.68. The van der Waals surface area contributed by atoms with Crippen LogP contribution < -0.4 is 0 Å². The Balaban J connectivity index is 1.89. The molecule has 1 aromatic carbocycles. The highest BCUT2D eigenvalue weighted by Crippen LogP contribution is 2.22. The molecular weight excluding hydrogens is 280 g/mol. The van der Waals surface area contributed by atoms with E-state index in [0.29, 0.717) is 18.9 Å². The van der Waals surface area contributed by atoms with Gasteiger partial charge < -0.3 is 14.9 Å². The summed E-state index contributed by atoms with van der Waals surface area (Å²) in [4.78, 5) is 27.3. The molecule has 1 saturated heterocycles. The summed E-state index contributed by atoms with van der Waals surface area (Å²) < 4.78 is 0. The number of carbonyl (C=O) groups is 2. The minimum Gasteiger partial charge on any atom is -0.478 e. The zero-order valence-corrected chi connectivity index (χ0v) is 13.5. The quantitative estimate of drug-likeness (QED) is 0.902. The van der Waals surface area contributed by atoms with Crippen molar-refractivity contribution >= 4 is 11.9 Å². The predicted octanol–water partition coefficient (Wildman–Crippen LogP) is 1.87. The molecule has 22 heavy (non-hydrogen) atoms. The van der Waals surface area contributed by atoms with Gasteiger partial charge in [-0.3, -0.25) is 4.79 Å². The number of carboxylic acids is 1. The first kappa shape index (κ1) is 16.5. The van der Waals surface area contributed by atoms with Gasteiger partial charge in [0.05, 0.1) is 5.56 Å². The van der Waals surface area contributed by atoms with Crippen molar-refractivity contribution in [2.75, 3.05) is 20.6 Å². The minimum atomic E-state index is -0.928. The second-order valence-corrected chi connectivity index (χ2v) is 6.15. The van der Waals surface area contributed by atoms with E-state index in [1.54, 1.807) is 24.3 Å². The van der Waals surface area contributed by atoms with Crippen molar-refractivity contribution < 1.29 is 14.7 Å². The van der Waals surface area contributed by atoms with E-state index in [0.717, 1.165) is 18.5 Å². The van der Waals surface area contributed by atoms with Crippen LogP contribution in [0.4, 0.5) is 0 Å². The average Bonchev–Trinajstić information content (AvgIpc) is 2.87. The number of likely N-dealkylation sites (N-methyl/N-ethyl adjacent to an activating group) is 1. The maximum atomic E-state index is 12.4. The summed E-state index contributed by atoms with van der Waals surface area (Å²) in [6, 6.07) is 7.42. The number of carbonyl (C=O) groups excluding carboxylic acids is 1. The number of amides is 1. The summed E-state index contributed by atoms with van der Waals surface area (Å²) in [5.41, 5.74) is 1.27. The van der Waals surface area contributed by atoms with E-state index in [-0.39, 0.29) is 17.5 Å². The van der Waals surface area contributed by atoms with E-state index in [1.807, 2.05) is 4.90 Å². The maximum absolute atomic E-state index is 12.4. The Hall–Kier alpha value is -1.88. The molecule has 5 nitrogen and oxygen atoms in total. The molecule has 1 aliphatic heterocycles. The molecule has 0 bridgehead atoms. The van der Waals surface area contributed by atoms with Crippen molar-refractivity contribution in [3.05, 3.63) is 35.4 Å². The van der Waals surface area contributed by atoms with Crippen LogP contribution in [0.15, 0.2) is 24.3 Å². The molecule has 0 saturated carbocycles. The summed E-state index contributed by atoms with van der Waals surface area (Å²) in [7, 11) is 4.11. The fraction of sp³-hybridized carbons (Fsp3) is 0.529. The molecule has 2 atom stereocenters. The molecule has 1 heterocycles. The summed E-state index contributed by atoms with van der Waals surface area (Å²) in [5, 5.41) is 8.87. The summed E-state index contributed by atoms with van der Waals surface area (Å²) >= 11 is 0. The molecule has 1 aliphatic rings. The Labute approximate surface area is 131 Å². The lowest BCUT2D eigenvalue weighted by atomic mass is 10.1. The molecule has 1 amide bonds. The molecular formula is C17H24N2O3. The molecule has 1 N–H and O–H groups in total. The number of nitrogens with zero attached hydrogens (tertiary/aromatic N) is 2. The van der Waals surface area contributed by atoms with E-state index in [1.165, 1.54) is 0 Å². The van der Waals surface area contributed by atoms with Crippen LogP contribution in [0.1, 0.15) is 35.7 Å². The Bertz CT molecular complexity index is 539. The van der Waals surface area contributed by atoms with E-state index in [9.17, 15) is 9.59 Å². The summed E-state index contributed by atoms with van der Waals surface area (Å²) in [6.07, 6.45) is 2.14. The van der Waals surface area contributed by atoms with E-state index in [2.05, 4.69) is 25.9 Å². The zero-order chi connectivity index (χ0) is 16.3. The lowest BCUT2D eigenvalue weighted by molar-refractivity contribution is -0.132. The van der Waals surface area contributed by atoms with Crippen molar-refractivity contribution in [1.29, 1.82) is 0 Å². The van der Waals surface area contributed by atoms with Crippen molar-refractivity contribution in [3.8, 4) is 0 Å². The number of hydrogen-bond acceptors (Lipinski definition) is 3. The fourth-order valence-corrected chi connectivity index (χ4v) is 3.17. The van der Waals surface area contributed by atoms with Gasteiger partial charge in [-0.2, -0.15) is 0 Å². The van der Waals surface area contributed by atoms with Crippen LogP contribution >= 0.6 is 0 Å². The van der Waals surface area contributed by atoms with Crippen LogP contribution in [0.2, 0.25) is 0 Å². The van der Waals surface area contributed by atoms with Crippen molar-refractivity contribution in [3.63, 3.8) is 0 Å². The van der Waals surface area contributed by atoms with Gasteiger partial charge in [0.1, 0.15) is 0 Å². The van der Waals surface area contributed by atoms with E-state index < -0.39 is 5.97 Å². The van der Waals surface area contributed by atoms with E-state index >= 15 is 0 Å². The number of likely N-dealkylation sites (tertiary alicyclic amines) is 1. The van der Waals surface area contributed by atoms with Crippen molar-refractivity contribution in [2.45, 2.75) is 38.3 Å². The van der Waals surface area contributed by atoms with Crippen LogP contribution in [0, 0.1) is 0 Å². The lowest BCUT2D eigenvalue weighted by Gasteiger charge is -2.28. The highest BCUT2D eigenvalue weighted by molar-refractivity contribution is 5.87. The SMILES string of the molecule is CC1C(N(C)C)CCN1C(=O)CCc1ccc(C(=O)O)cc1. The zero-order valence-electron chi connectivity index (χ0n) is 13.5. The first-order valence-corrected chi connectivity index (χ1v) is 7.68. The molecule has 1 fully saturated rings. The number of rotatable bonds is 5. The van der Waals surface area contributed by atoms with Gasteiger partial charge in [-0.15, -0.1) is 0 Å². The summed E-state index contributed by atoms with van der Waals surface area (Å²) in [6.45, 7) is 2.93. The Morgan fingerprint density at radius 1 is 1.27 bits per heavy atom. The lowest BCUT2D eigenvalue weighted by Crippen LogP contribution is -2.42. The molecule has 0 aliphatic carbocycles. The minimum absolute atomic E-state index is 0.180. The smallest absolute Gasteiger partial charge is 0.335 e. The van der Waals surface area contributed by atoms with Crippen molar-refractivity contribution in [2.24, 2.45) is 0 Å². The third kappa shape index (κ3) is 3.65. The first-order chi connectivity index (χ1) is 10.4. The highest BCUT2D eigenvalue weighted by atomic mass is 16.4. The topological polar surface area (TPSA) is 60.9 Å². The van der Waals surface area contributed by atoms with Gasteiger partial charge in [0.25, 0.3) is 0 Å². The van der Waals surface area contributed by atoms with Crippen LogP contribution in [-0.4, -0.2) is 59.5 Å². The molecule has 2 unspecified atom stereocenters. The average molecular weight is 304 g/mol. The maximum Gasteiger partial charge on any atom is 0.335 e. The van der Waals surface area contributed by atoms with Crippen LogP contribution in [-0.2, 0) is 11.2 Å². The van der Waals surface area contributed by atoms with Crippen molar-refractivity contribution in [1.82, 2.24) is 9.80 Å². The summed E-state index contributed by atoms with van der Waals surface area (Å²) in [5.74, 6) is -0.748. The Morgan fingerprint density at radius 2 is 1.91 bits per heavy atom. The number of carboxylic acid groups (broad SMARTS) is 1. The Kier molecular flexibility index (Phi) is 5.19. The number of aryl methyl sites for hydroxylation is 1. The molecule has 120 valence electrons. The normalized spacial score (nSPS) is 21.4. The molecule has 5 heteroatoms. The second kappa shape index (κ2) is 6.92. The molecule has 2 rings (SSSR count). The highest BCUT2D eigenvalue weighted by Gasteiger charge is 2.34. The third-order valence-electron chi connectivity index (χ3n) is 4.53. The van der Waals surface area contributed by atoms with E-state index in [4.69, 9.17) is 5.11 Å². The van der Waals surface area contributed by atoms with Gasteiger partial charge in [-0.1, -0.05) is 12.1 Å². The van der Waals surface area contributed by atoms with Gasteiger partial charge in [0.15, 0.2) is 0 Å². The van der Waals surface area contributed by atoms with Crippen LogP contribution in [0.3, 0.4) is 0 Å². The van der Waals surface area contributed by atoms with Gasteiger partial charge in [0.2, 0.25) is 5.91 Å². The standard InChI is InChI=1S/C17H24N2O3/c1-12-15(18(2)3)10-11-19(12)16(20)9-6-13-4-7-14(8-5-13)17(21)22/h4-5,7-8,12,15H,6,9-11H2,1-3H3,(H,21,22). The van der Waals surface area contributed by atoms with Crippen LogP contribution in [0.25, 0.3) is 0 Å². The molecule has 0 spiro atoms. The number of hydrogen-bond donors (Lipinski definition) is 1. The second-order valence-electron chi connectivity index (χ2n) is 6.15. The van der Waals surface area contributed by atoms with Gasteiger partial charge >= 0.3 is 5.97 Å². The monoisotopic (exact) mass is 304 g/mol. The van der Waals surface area contributed by atoms with Gasteiger partial charge in [-0.25, -0.2) is 4.79 Å². The number of benzene rings is 1. The molecule has 0 radical (unpaired) electrons. The fourth-order valence-electron chi connectivity index (χ4n) is 3.17. The molecule has 1 aromatic rings. The Morgan fingerprint density at radius 3 is 2.41 bits per heavy atom. The largest absolute Gasteiger partial charge is 0.478 e.